The molecule has 1 rings (SSSR count). The van der Waals surface area contributed by atoms with Gasteiger partial charge in [-0.15, -0.1) is 0 Å². The molecule has 7 nitrogen and oxygen atoms in total. The summed E-state index contributed by atoms with van der Waals surface area (Å²) in [6.07, 6.45) is 0. The maximum absolute atomic E-state index is 12.5. The molecule has 150 valence electrons. The van der Waals surface area contributed by atoms with Gasteiger partial charge in [-0.05, 0) is 38.5 Å². The van der Waals surface area contributed by atoms with Crippen LogP contribution in [0.3, 0.4) is 0 Å². The average Bonchev–Trinajstić information content (AvgIpc) is 2.65. The van der Waals surface area contributed by atoms with Crippen LogP contribution in [0.5, 0.6) is 0 Å². The molecule has 0 saturated heterocycles. The van der Waals surface area contributed by atoms with E-state index in [1.54, 1.807) is 45.2 Å². The van der Waals surface area contributed by atoms with Crippen LogP contribution in [0.1, 0.15) is 46.2 Å². The molecule has 0 aliphatic carbocycles. The van der Waals surface area contributed by atoms with Crippen molar-refractivity contribution in [3.05, 3.63) is 29.8 Å². The molecule has 0 aliphatic heterocycles. The fourth-order valence-corrected chi connectivity index (χ4v) is 3.96. The number of sulfonamides is 1. The van der Waals surface area contributed by atoms with Crippen LogP contribution in [0.15, 0.2) is 29.2 Å². The molecule has 0 fully saturated rings. The molecule has 0 bridgehead atoms. The van der Waals surface area contributed by atoms with Crippen molar-refractivity contribution in [3.8, 4) is 6.07 Å². The summed E-state index contributed by atoms with van der Waals surface area (Å²) in [5, 5.41) is 12.2. The zero-order valence-corrected chi connectivity index (χ0v) is 17.8. The summed E-state index contributed by atoms with van der Waals surface area (Å²) in [4.78, 5) is 13.9. The Labute approximate surface area is 163 Å². The number of hydrogen-bond donors (Lipinski definition) is 1. The number of nitriles is 1. The minimum Gasteiger partial charge on any atom is -0.326 e. The summed E-state index contributed by atoms with van der Waals surface area (Å²) < 4.78 is 26.5. The van der Waals surface area contributed by atoms with Gasteiger partial charge in [-0.25, -0.2) is 8.42 Å². The second kappa shape index (κ2) is 9.31. The zero-order valence-electron chi connectivity index (χ0n) is 17.0. The first kappa shape index (κ1) is 23.1. The molecule has 0 aliphatic rings. The molecule has 0 radical (unpaired) electrons. The number of benzene rings is 1. The van der Waals surface area contributed by atoms with E-state index in [0.717, 1.165) is 5.56 Å². The Bertz CT molecular complexity index is 778. The van der Waals surface area contributed by atoms with Gasteiger partial charge in [-0.2, -0.15) is 9.57 Å². The van der Waals surface area contributed by atoms with Crippen LogP contribution in [0.4, 0.5) is 0 Å². The molecular weight excluding hydrogens is 364 g/mol. The van der Waals surface area contributed by atoms with Crippen LogP contribution in [0, 0.1) is 11.3 Å². The standard InChI is InChI=1S/C19H30N4O3S/c1-7-23(8-2)27(25,26)17-11-9-16(10-12-17)15(3)21-13-18(24)22(6)19(4,5)14-20/h9-12,15,21H,7-8,13H2,1-6H3/t15-/m1/s1. The fourth-order valence-electron chi connectivity index (χ4n) is 2.50. The Kier molecular flexibility index (Phi) is 7.96. The normalized spacial score (nSPS) is 13.3. The number of hydrogen-bond acceptors (Lipinski definition) is 5. The van der Waals surface area contributed by atoms with E-state index in [0.29, 0.717) is 13.1 Å². The minimum absolute atomic E-state index is 0.0856. The third-order valence-electron chi connectivity index (χ3n) is 4.77. The first-order valence-electron chi connectivity index (χ1n) is 9.02. The van der Waals surface area contributed by atoms with Crippen LogP contribution >= 0.6 is 0 Å². The van der Waals surface area contributed by atoms with Gasteiger partial charge in [0.25, 0.3) is 0 Å². The van der Waals surface area contributed by atoms with E-state index in [4.69, 9.17) is 5.26 Å². The Morgan fingerprint density at radius 3 is 2.19 bits per heavy atom. The first-order valence-corrected chi connectivity index (χ1v) is 10.5. The second-order valence-electron chi connectivity index (χ2n) is 6.88. The maximum Gasteiger partial charge on any atom is 0.243 e. The van der Waals surface area contributed by atoms with Crippen molar-refractivity contribution >= 4 is 15.9 Å². The van der Waals surface area contributed by atoms with Gasteiger partial charge in [0.15, 0.2) is 0 Å². The smallest absolute Gasteiger partial charge is 0.243 e. The molecule has 1 aromatic carbocycles. The van der Waals surface area contributed by atoms with Crippen molar-refractivity contribution < 1.29 is 13.2 Å². The molecule has 0 heterocycles. The summed E-state index contributed by atoms with van der Waals surface area (Å²) in [6.45, 7) is 9.82. The number of amides is 1. The number of nitrogens with zero attached hydrogens (tertiary/aromatic N) is 3. The zero-order chi connectivity index (χ0) is 20.8. The lowest BCUT2D eigenvalue weighted by Gasteiger charge is -2.29. The van der Waals surface area contributed by atoms with Gasteiger partial charge >= 0.3 is 0 Å². The number of likely N-dealkylation sites (N-methyl/N-ethyl adjacent to an activating group) is 1. The van der Waals surface area contributed by atoms with E-state index in [9.17, 15) is 13.2 Å². The molecule has 1 atom stereocenters. The van der Waals surface area contributed by atoms with E-state index in [1.165, 1.54) is 9.21 Å². The third-order valence-corrected chi connectivity index (χ3v) is 6.83. The molecule has 1 aromatic rings. The van der Waals surface area contributed by atoms with Gasteiger partial charge in [0, 0.05) is 26.2 Å². The summed E-state index contributed by atoms with van der Waals surface area (Å²) in [7, 11) is -1.88. The maximum atomic E-state index is 12.5. The first-order chi connectivity index (χ1) is 12.5. The van der Waals surface area contributed by atoms with Crippen molar-refractivity contribution in [2.45, 2.75) is 51.1 Å². The Morgan fingerprint density at radius 2 is 1.74 bits per heavy atom. The van der Waals surface area contributed by atoms with Gasteiger partial charge < -0.3 is 10.2 Å². The number of carbonyl (C=O) groups excluding carboxylic acids is 1. The second-order valence-corrected chi connectivity index (χ2v) is 8.82. The molecular formula is C19H30N4O3S. The van der Waals surface area contributed by atoms with Crippen molar-refractivity contribution in [1.29, 1.82) is 5.26 Å². The van der Waals surface area contributed by atoms with Gasteiger partial charge in [0.1, 0.15) is 5.54 Å². The molecule has 1 amide bonds. The van der Waals surface area contributed by atoms with Crippen molar-refractivity contribution in [1.82, 2.24) is 14.5 Å². The number of nitrogens with one attached hydrogen (secondary N) is 1. The van der Waals surface area contributed by atoms with Crippen molar-refractivity contribution in [2.24, 2.45) is 0 Å². The summed E-state index contributed by atoms with van der Waals surface area (Å²) >= 11 is 0. The van der Waals surface area contributed by atoms with Crippen LogP contribution in [0.25, 0.3) is 0 Å². The average molecular weight is 395 g/mol. The largest absolute Gasteiger partial charge is 0.326 e. The summed E-state index contributed by atoms with van der Waals surface area (Å²) in [6, 6.07) is 8.64. The highest BCUT2D eigenvalue weighted by molar-refractivity contribution is 7.89. The quantitative estimate of drug-likeness (QED) is 0.692. The lowest BCUT2D eigenvalue weighted by molar-refractivity contribution is -0.132. The predicted molar refractivity (Wildman–Crippen MR) is 105 cm³/mol. The monoisotopic (exact) mass is 394 g/mol. The highest BCUT2D eigenvalue weighted by atomic mass is 32.2. The summed E-state index contributed by atoms with van der Waals surface area (Å²) in [5.41, 5.74) is 0.00565. The lowest BCUT2D eigenvalue weighted by atomic mass is 10.1. The number of rotatable bonds is 9. The van der Waals surface area contributed by atoms with Crippen LogP contribution < -0.4 is 5.32 Å². The highest BCUT2D eigenvalue weighted by Gasteiger charge is 2.27. The fraction of sp³-hybridized carbons (Fsp3) is 0.579. The molecule has 0 saturated carbocycles. The van der Waals surface area contributed by atoms with Crippen LogP contribution in [0.2, 0.25) is 0 Å². The third kappa shape index (κ3) is 5.51. The highest BCUT2D eigenvalue weighted by Crippen LogP contribution is 2.19. The predicted octanol–water partition coefficient (Wildman–Crippen LogP) is 2.13. The van der Waals surface area contributed by atoms with E-state index in [1.807, 2.05) is 20.8 Å². The molecule has 1 N–H and O–H groups in total. The van der Waals surface area contributed by atoms with Gasteiger partial charge in [0.05, 0.1) is 17.5 Å². The van der Waals surface area contributed by atoms with Gasteiger partial charge in [-0.3, -0.25) is 4.79 Å². The number of carbonyl (C=O) groups is 1. The Balaban J connectivity index is 2.80. The molecule has 27 heavy (non-hydrogen) atoms. The van der Waals surface area contributed by atoms with Crippen LogP contribution in [-0.4, -0.2) is 55.8 Å². The van der Waals surface area contributed by atoms with E-state index in [2.05, 4.69) is 11.4 Å². The van der Waals surface area contributed by atoms with Crippen molar-refractivity contribution in [2.75, 3.05) is 26.7 Å². The molecule has 8 heteroatoms. The Morgan fingerprint density at radius 1 is 1.22 bits per heavy atom. The molecule has 0 spiro atoms. The SMILES string of the molecule is CCN(CC)S(=O)(=O)c1ccc([C@@H](C)NCC(=O)N(C)C(C)(C)C#N)cc1. The van der Waals surface area contributed by atoms with Gasteiger partial charge in [0.2, 0.25) is 15.9 Å². The van der Waals surface area contributed by atoms with Crippen LogP contribution in [-0.2, 0) is 14.8 Å². The van der Waals surface area contributed by atoms with Gasteiger partial charge in [-0.1, -0.05) is 26.0 Å². The van der Waals surface area contributed by atoms with E-state index >= 15 is 0 Å². The lowest BCUT2D eigenvalue weighted by Crippen LogP contribution is -2.47. The summed E-state index contributed by atoms with van der Waals surface area (Å²) in [5.74, 6) is -0.186. The molecule has 0 aromatic heterocycles. The topological polar surface area (TPSA) is 93.5 Å². The van der Waals surface area contributed by atoms with E-state index < -0.39 is 15.6 Å². The Hall–Kier alpha value is -1.95. The minimum atomic E-state index is -3.48. The van der Waals surface area contributed by atoms with Crippen molar-refractivity contribution in [3.63, 3.8) is 0 Å². The van der Waals surface area contributed by atoms with E-state index in [-0.39, 0.29) is 23.4 Å². The molecule has 0 unspecified atom stereocenters.